The number of amides is 2. The van der Waals surface area contributed by atoms with Gasteiger partial charge in [0.05, 0.1) is 4.92 Å². The van der Waals surface area contributed by atoms with Crippen LogP contribution in [0.2, 0.25) is 0 Å². The van der Waals surface area contributed by atoms with E-state index in [9.17, 15) is 25.0 Å². The number of imide groups is 1. The van der Waals surface area contributed by atoms with Crippen LogP contribution in [-0.4, -0.2) is 39.9 Å². The van der Waals surface area contributed by atoms with Crippen molar-refractivity contribution >= 4 is 23.6 Å². The van der Waals surface area contributed by atoms with Crippen LogP contribution in [0, 0.1) is 21.4 Å². The molecule has 0 saturated carbocycles. The Kier molecular flexibility index (Phi) is 5.90. The zero-order chi connectivity index (χ0) is 21.8. The summed E-state index contributed by atoms with van der Waals surface area (Å²) in [4.78, 5) is 36.6. The van der Waals surface area contributed by atoms with E-state index in [0.717, 1.165) is 4.90 Å². The van der Waals surface area contributed by atoms with Gasteiger partial charge in [-0.25, -0.2) is 0 Å². The van der Waals surface area contributed by atoms with Crippen LogP contribution in [0.25, 0.3) is 17.4 Å². The Bertz CT molecular complexity index is 1140. The molecule has 152 valence electrons. The minimum absolute atomic E-state index is 0.0128. The maximum atomic E-state index is 12.8. The van der Waals surface area contributed by atoms with Crippen LogP contribution < -0.4 is 0 Å². The number of aliphatic hydroxyl groups excluding tert-OH is 1. The van der Waals surface area contributed by atoms with Crippen molar-refractivity contribution in [2.75, 3.05) is 13.2 Å². The van der Waals surface area contributed by atoms with Crippen molar-refractivity contribution in [3.8, 4) is 17.4 Å². The number of hydrogen-bond donors (Lipinski definition) is 1. The van der Waals surface area contributed by atoms with Crippen molar-refractivity contribution in [3.63, 3.8) is 0 Å². The monoisotopic (exact) mass is 407 g/mol. The standard InChI is InChI=1S/C21H17N3O6/c1-13-17(20(26)23(8-3-9-25)21(27)18(13)12-22)11-16-6-7-19(30-16)14-4-2-5-15(10-14)24(28)29/h2,4-7,10-11,25H,3,8-9H2,1H3/b17-11+. The van der Waals surface area contributed by atoms with E-state index in [0.29, 0.717) is 11.3 Å². The van der Waals surface area contributed by atoms with Crippen LogP contribution in [0.3, 0.4) is 0 Å². The molecule has 3 rings (SSSR count). The third kappa shape index (κ3) is 3.90. The number of nitro groups is 1. The first kappa shape index (κ1) is 20.7. The predicted octanol–water partition coefficient (Wildman–Crippen LogP) is 2.83. The molecule has 0 unspecified atom stereocenters. The van der Waals surface area contributed by atoms with E-state index in [2.05, 4.69) is 0 Å². The molecule has 1 aliphatic rings. The van der Waals surface area contributed by atoms with Crippen LogP contribution in [0.4, 0.5) is 5.69 Å². The number of nitrogens with zero attached hydrogens (tertiary/aromatic N) is 3. The molecule has 0 spiro atoms. The van der Waals surface area contributed by atoms with E-state index in [1.165, 1.54) is 31.2 Å². The smallest absolute Gasteiger partial charge is 0.271 e. The predicted molar refractivity (Wildman–Crippen MR) is 106 cm³/mol. The van der Waals surface area contributed by atoms with Gasteiger partial charge in [0.25, 0.3) is 17.5 Å². The van der Waals surface area contributed by atoms with Crippen molar-refractivity contribution < 1.29 is 24.0 Å². The number of furan rings is 1. The van der Waals surface area contributed by atoms with Crippen molar-refractivity contribution in [1.82, 2.24) is 4.90 Å². The van der Waals surface area contributed by atoms with Crippen LogP contribution in [-0.2, 0) is 9.59 Å². The van der Waals surface area contributed by atoms with Crippen molar-refractivity contribution in [3.05, 3.63) is 69.0 Å². The van der Waals surface area contributed by atoms with Gasteiger partial charge in [-0.1, -0.05) is 12.1 Å². The van der Waals surface area contributed by atoms with Gasteiger partial charge in [-0.2, -0.15) is 5.26 Å². The average Bonchev–Trinajstić information content (AvgIpc) is 3.20. The summed E-state index contributed by atoms with van der Waals surface area (Å²) in [5.41, 5.74) is 0.629. The number of nitro benzene ring substituents is 1. The number of nitriles is 1. The van der Waals surface area contributed by atoms with E-state index in [1.807, 2.05) is 6.07 Å². The SMILES string of the molecule is CC1=C(C#N)C(=O)N(CCCO)C(=O)/C1=C/c1ccc(-c2cccc([N+](=O)[O-])c2)o1. The maximum absolute atomic E-state index is 12.8. The molecule has 0 bridgehead atoms. The summed E-state index contributed by atoms with van der Waals surface area (Å²) in [6, 6.07) is 11.0. The second-order valence-corrected chi connectivity index (χ2v) is 6.52. The molecule has 1 aromatic heterocycles. The molecule has 0 fully saturated rings. The van der Waals surface area contributed by atoms with Gasteiger partial charge in [0.1, 0.15) is 23.2 Å². The van der Waals surface area contributed by atoms with E-state index in [-0.39, 0.29) is 47.7 Å². The summed E-state index contributed by atoms with van der Waals surface area (Å²) < 4.78 is 5.72. The summed E-state index contributed by atoms with van der Waals surface area (Å²) in [5, 5.41) is 29.3. The van der Waals surface area contributed by atoms with Crippen molar-refractivity contribution in [1.29, 1.82) is 5.26 Å². The fourth-order valence-electron chi connectivity index (χ4n) is 3.06. The van der Waals surface area contributed by atoms with E-state index in [4.69, 9.17) is 9.52 Å². The normalized spacial score (nSPS) is 15.6. The lowest BCUT2D eigenvalue weighted by atomic mass is 9.94. The fourth-order valence-corrected chi connectivity index (χ4v) is 3.06. The third-order valence-electron chi connectivity index (χ3n) is 4.62. The molecule has 9 heteroatoms. The van der Waals surface area contributed by atoms with E-state index in [1.54, 1.807) is 18.2 Å². The Morgan fingerprint density at radius 3 is 2.70 bits per heavy atom. The molecular formula is C21H17N3O6. The second-order valence-electron chi connectivity index (χ2n) is 6.52. The summed E-state index contributed by atoms with van der Waals surface area (Å²) in [6.07, 6.45) is 1.62. The Hall–Kier alpha value is -4.03. The van der Waals surface area contributed by atoms with Gasteiger partial charge in [0.15, 0.2) is 0 Å². The van der Waals surface area contributed by atoms with Crippen LogP contribution in [0.1, 0.15) is 19.1 Å². The summed E-state index contributed by atoms with van der Waals surface area (Å²) in [5.74, 6) is -0.627. The van der Waals surface area contributed by atoms with Crippen molar-refractivity contribution in [2.45, 2.75) is 13.3 Å². The Balaban J connectivity index is 2.00. The van der Waals surface area contributed by atoms with Gasteiger partial charge in [-0.05, 0) is 37.1 Å². The molecule has 2 amide bonds. The highest BCUT2D eigenvalue weighted by Gasteiger charge is 2.35. The van der Waals surface area contributed by atoms with Gasteiger partial charge < -0.3 is 9.52 Å². The molecule has 30 heavy (non-hydrogen) atoms. The molecular weight excluding hydrogens is 390 g/mol. The van der Waals surface area contributed by atoms with Gasteiger partial charge >= 0.3 is 0 Å². The molecule has 2 aromatic rings. The first-order chi connectivity index (χ1) is 14.4. The van der Waals surface area contributed by atoms with Crippen LogP contribution in [0.5, 0.6) is 0 Å². The fraction of sp³-hybridized carbons (Fsp3) is 0.190. The molecule has 1 aliphatic heterocycles. The maximum Gasteiger partial charge on any atom is 0.271 e. The lowest BCUT2D eigenvalue weighted by molar-refractivity contribution is -0.384. The van der Waals surface area contributed by atoms with Crippen molar-refractivity contribution in [2.24, 2.45) is 0 Å². The number of aliphatic hydroxyl groups is 1. The summed E-state index contributed by atoms with van der Waals surface area (Å²) >= 11 is 0. The lowest BCUT2D eigenvalue weighted by Crippen LogP contribution is -2.43. The third-order valence-corrected chi connectivity index (χ3v) is 4.62. The molecule has 9 nitrogen and oxygen atoms in total. The number of carbonyl (C=O) groups is 2. The van der Waals surface area contributed by atoms with E-state index < -0.39 is 16.7 Å². The Morgan fingerprint density at radius 2 is 2.03 bits per heavy atom. The highest BCUT2D eigenvalue weighted by Crippen LogP contribution is 2.30. The number of rotatable bonds is 6. The number of carbonyl (C=O) groups excluding carboxylic acids is 2. The first-order valence-corrected chi connectivity index (χ1v) is 9.02. The number of benzene rings is 1. The van der Waals surface area contributed by atoms with Gasteiger partial charge in [-0.3, -0.25) is 24.6 Å². The molecule has 0 atom stereocenters. The van der Waals surface area contributed by atoms with Gasteiger partial charge in [0, 0.05) is 36.4 Å². The number of hydrogen-bond acceptors (Lipinski definition) is 7. The van der Waals surface area contributed by atoms with Gasteiger partial charge in [-0.15, -0.1) is 0 Å². The largest absolute Gasteiger partial charge is 0.457 e. The molecule has 0 radical (unpaired) electrons. The topological polar surface area (TPSA) is 138 Å². The minimum atomic E-state index is -0.692. The van der Waals surface area contributed by atoms with E-state index >= 15 is 0 Å². The lowest BCUT2D eigenvalue weighted by Gasteiger charge is -2.27. The molecule has 0 saturated heterocycles. The molecule has 1 N–H and O–H groups in total. The first-order valence-electron chi connectivity index (χ1n) is 9.02. The van der Waals surface area contributed by atoms with Gasteiger partial charge in [0.2, 0.25) is 0 Å². The number of non-ortho nitro benzene ring substituents is 1. The summed E-state index contributed by atoms with van der Waals surface area (Å²) in [6.45, 7) is 1.29. The average molecular weight is 407 g/mol. The summed E-state index contributed by atoms with van der Waals surface area (Å²) in [7, 11) is 0. The zero-order valence-electron chi connectivity index (χ0n) is 16.0. The highest BCUT2D eigenvalue weighted by molar-refractivity contribution is 6.19. The van der Waals surface area contributed by atoms with Crippen LogP contribution >= 0.6 is 0 Å². The molecule has 1 aromatic carbocycles. The Labute approximate surface area is 171 Å². The highest BCUT2D eigenvalue weighted by atomic mass is 16.6. The Morgan fingerprint density at radius 1 is 1.27 bits per heavy atom. The zero-order valence-corrected chi connectivity index (χ0v) is 16.0. The quantitative estimate of drug-likeness (QED) is 0.336. The molecule has 0 aliphatic carbocycles. The minimum Gasteiger partial charge on any atom is -0.457 e. The van der Waals surface area contributed by atoms with Crippen LogP contribution in [0.15, 0.2) is 57.5 Å². The second kappa shape index (κ2) is 8.55. The molecule has 2 heterocycles.